The lowest BCUT2D eigenvalue weighted by Gasteiger charge is -2.26. The molecule has 19 heavy (non-hydrogen) atoms. The molecule has 1 aliphatic heterocycles. The van der Waals surface area contributed by atoms with Gasteiger partial charge in [0.25, 0.3) is 0 Å². The second-order valence-electron chi connectivity index (χ2n) is 5.47. The van der Waals surface area contributed by atoms with Gasteiger partial charge in [-0.2, -0.15) is 0 Å². The first-order valence-corrected chi connectivity index (χ1v) is 6.96. The molecule has 0 bridgehead atoms. The van der Waals surface area contributed by atoms with Crippen LogP contribution in [-0.2, 0) is 11.3 Å². The van der Waals surface area contributed by atoms with Gasteiger partial charge in [0.1, 0.15) is 0 Å². The largest absolute Gasteiger partial charge is 0.376 e. The summed E-state index contributed by atoms with van der Waals surface area (Å²) in [6, 6.07) is 0.846. The summed E-state index contributed by atoms with van der Waals surface area (Å²) in [5.74, 6) is 0.774. The van der Waals surface area contributed by atoms with Crippen molar-refractivity contribution in [2.45, 2.75) is 51.9 Å². The van der Waals surface area contributed by atoms with Crippen molar-refractivity contribution in [1.29, 1.82) is 0 Å². The van der Waals surface area contributed by atoms with Crippen LogP contribution < -0.4 is 10.2 Å². The predicted molar refractivity (Wildman–Crippen MR) is 76.2 cm³/mol. The van der Waals surface area contributed by atoms with Gasteiger partial charge in [0.2, 0.25) is 5.95 Å². The standard InChI is InChI=1S/C14H24N4O/c1-10(2)15-7-12-8-16-14(17-9-12)18(4)13-5-6-19-11(13)3/h8-11,13,15H,5-7H2,1-4H3. The molecule has 1 aliphatic rings. The fourth-order valence-electron chi connectivity index (χ4n) is 2.32. The zero-order chi connectivity index (χ0) is 13.8. The number of ether oxygens (including phenoxy) is 1. The molecule has 1 N–H and O–H groups in total. The van der Waals surface area contributed by atoms with Crippen LogP contribution in [0.2, 0.25) is 0 Å². The van der Waals surface area contributed by atoms with Crippen LogP contribution in [0.15, 0.2) is 12.4 Å². The second kappa shape index (κ2) is 6.30. The highest BCUT2D eigenvalue weighted by Crippen LogP contribution is 2.21. The maximum Gasteiger partial charge on any atom is 0.225 e. The van der Waals surface area contributed by atoms with Gasteiger partial charge in [-0.1, -0.05) is 13.8 Å². The van der Waals surface area contributed by atoms with E-state index in [2.05, 4.69) is 41.0 Å². The average molecular weight is 264 g/mol. The molecule has 1 fully saturated rings. The van der Waals surface area contributed by atoms with E-state index in [1.54, 1.807) is 0 Å². The molecular weight excluding hydrogens is 240 g/mol. The highest BCUT2D eigenvalue weighted by Gasteiger charge is 2.29. The number of nitrogens with one attached hydrogen (secondary N) is 1. The van der Waals surface area contributed by atoms with Crippen LogP contribution in [0.4, 0.5) is 5.95 Å². The van der Waals surface area contributed by atoms with Gasteiger partial charge in [0, 0.05) is 44.2 Å². The number of rotatable bonds is 5. The first-order chi connectivity index (χ1) is 9.08. The highest BCUT2D eigenvalue weighted by molar-refractivity contribution is 5.31. The molecule has 0 saturated carbocycles. The van der Waals surface area contributed by atoms with Gasteiger partial charge >= 0.3 is 0 Å². The Morgan fingerprint density at radius 3 is 2.63 bits per heavy atom. The molecular formula is C14H24N4O. The summed E-state index contributed by atoms with van der Waals surface area (Å²) in [6.45, 7) is 8.00. The fraction of sp³-hybridized carbons (Fsp3) is 0.714. The molecule has 0 amide bonds. The van der Waals surface area contributed by atoms with E-state index >= 15 is 0 Å². The molecule has 5 nitrogen and oxygen atoms in total. The van der Waals surface area contributed by atoms with Gasteiger partial charge in [-0.25, -0.2) is 9.97 Å². The van der Waals surface area contributed by atoms with Gasteiger partial charge in [-0.05, 0) is 13.3 Å². The Balaban J connectivity index is 1.97. The maximum atomic E-state index is 5.59. The van der Waals surface area contributed by atoms with Gasteiger partial charge in [0.15, 0.2) is 0 Å². The minimum absolute atomic E-state index is 0.246. The molecule has 0 radical (unpaired) electrons. The van der Waals surface area contributed by atoms with Crippen molar-refractivity contribution in [3.8, 4) is 0 Å². The second-order valence-corrected chi connectivity index (χ2v) is 5.47. The van der Waals surface area contributed by atoms with Crippen LogP contribution in [0.3, 0.4) is 0 Å². The van der Waals surface area contributed by atoms with E-state index in [1.165, 1.54) is 0 Å². The third-order valence-electron chi connectivity index (χ3n) is 3.56. The van der Waals surface area contributed by atoms with Crippen LogP contribution in [0, 0.1) is 0 Å². The highest BCUT2D eigenvalue weighted by atomic mass is 16.5. The molecule has 1 aromatic heterocycles. The van der Waals surface area contributed by atoms with Gasteiger partial charge in [-0.3, -0.25) is 0 Å². The minimum atomic E-state index is 0.246. The van der Waals surface area contributed by atoms with Crippen LogP contribution in [0.1, 0.15) is 32.8 Å². The van der Waals surface area contributed by atoms with E-state index < -0.39 is 0 Å². The summed E-state index contributed by atoms with van der Waals surface area (Å²) in [7, 11) is 2.04. The fourth-order valence-corrected chi connectivity index (χ4v) is 2.32. The molecule has 0 aromatic carbocycles. The first kappa shape index (κ1) is 14.2. The molecule has 2 heterocycles. The van der Waals surface area contributed by atoms with Gasteiger partial charge in [-0.15, -0.1) is 0 Å². The summed E-state index contributed by atoms with van der Waals surface area (Å²) >= 11 is 0. The first-order valence-electron chi connectivity index (χ1n) is 6.96. The lowest BCUT2D eigenvalue weighted by Crippen LogP contribution is -2.37. The summed E-state index contributed by atoms with van der Waals surface area (Å²) < 4.78 is 5.59. The molecule has 2 rings (SSSR count). The van der Waals surface area contributed by atoms with Crippen molar-refractivity contribution >= 4 is 5.95 Å². The van der Waals surface area contributed by atoms with Crippen molar-refractivity contribution in [2.24, 2.45) is 0 Å². The van der Waals surface area contributed by atoms with E-state index in [9.17, 15) is 0 Å². The zero-order valence-corrected chi connectivity index (χ0v) is 12.3. The molecule has 106 valence electrons. The van der Waals surface area contributed by atoms with Gasteiger partial charge < -0.3 is 15.0 Å². The topological polar surface area (TPSA) is 50.3 Å². The van der Waals surface area contributed by atoms with Gasteiger partial charge in [0.05, 0.1) is 12.1 Å². The molecule has 0 spiro atoms. The van der Waals surface area contributed by atoms with Crippen molar-refractivity contribution in [3.63, 3.8) is 0 Å². The van der Waals surface area contributed by atoms with Crippen molar-refractivity contribution in [1.82, 2.24) is 15.3 Å². The van der Waals surface area contributed by atoms with Crippen LogP contribution in [0.5, 0.6) is 0 Å². The van der Waals surface area contributed by atoms with Crippen molar-refractivity contribution in [3.05, 3.63) is 18.0 Å². The maximum absolute atomic E-state index is 5.59. The number of hydrogen-bond acceptors (Lipinski definition) is 5. The zero-order valence-electron chi connectivity index (χ0n) is 12.3. The number of anilines is 1. The Morgan fingerprint density at radius 2 is 2.11 bits per heavy atom. The quantitative estimate of drug-likeness (QED) is 0.875. The molecule has 1 saturated heterocycles. The van der Waals surface area contributed by atoms with Crippen molar-refractivity contribution in [2.75, 3.05) is 18.6 Å². The summed E-state index contributed by atoms with van der Waals surface area (Å²) in [6.07, 6.45) is 5.08. The average Bonchev–Trinajstić information content (AvgIpc) is 2.82. The van der Waals surface area contributed by atoms with E-state index in [0.29, 0.717) is 12.1 Å². The molecule has 2 atom stereocenters. The molecule has 5 heteroatoms. The Bertz CT molecular complexity index is 393. The minimum Gasteiger partial charge on any atom is -0.376 e. The summed E-state index contributed by atoms with van der Waals surface area (Å²) in [5.41, 5.74) is 1.11. The molecule has 1 aromatic rings. The van der Waals surface area contributed by atoms with Crippen LogP contribution >= 0.6 is 0 Å². The van der Waals surface area contributed by atoms with Crippen LogP contribution in [0.25, 0.3) is 0 Å². The lowest BCUT2D eigenvalue weighted by molar-refractivity contribution is 0.118. The van der Waals surface area contributed by atoms with E-state index in [4.69, 9.17) is 4.74 Å². The van der Waals surface area contributed by atoms with Crippen LogP contribution in [-0.4, -0.2) is 41.8 Å². The Kier molecular flexibility index (Phi) is 4.71. The number of nitrogens with zero attached hydrogens (tertiary/aromatic N) is 3. The third kappa shape index (κ3) is 3.64. The molecule has 2 unspecified atom stereocenters. The summed E-state index contributed by atoms with van der Waals surface area (Å²) in [4.78, 5) is 11.0. The normalized spacial score (nSPS) is 23.0. The van der Waals surface area contributed by atoms with E-state index in [0.717, 1.165) is 31.1 Å². The Hall–Kier alpha value is -1.20. The Morgan fingerprint density at radius 1 is 1.42 bits per heavy atom. The number of likely N-dealkylation sites (N-methyl/N-ethyl adjacent to an activating group) is 1. The smallest absolute Gasteiger partial charge is 0.225 e. The Labute approximate surface area is 115 Å². The lowest BCUT2D eigenvalue weighted by atomic mass is 10.1. The van der Waals surface area contributed by atoms with E-state index in [-0.39, 0.29) is 6.10 Å². The number of aromatic nitrogens is 2. The predicted octanol–water partition coefficient (Wildman–Crippen LogP) is 1.59. The monoisotopic (exact) mass is 264 g/mol. The number of hydrogen-bond donors (Lipinski definition) is 1. The summed E-state index contributed by atoms with van der Waals surface area (Å²) in [5, 5.41) is 3.36. The van der Waals surface area contributed by atoms with E-state index in [1.807, 2.05) is 19.4 Å². The SMILES string of the molecule is CC(C)NCc1cnc(N(C)C2CCOC2C)nc1. The van der Waals surface area contributed by atoms with Crippen molar-refractivity contribution < 1.29 is 4.74 Å². The third-order valence-corrected chi connectivity index (χ3v) is 3.56. The molecule has 0 aliphatic carbocycles.